The molecular weight excluding hydrogens is 382 g/mol. The van der Waals surface area contributed by atoms with E-state index in [2.05, 4.69) is 14.7 Å². The van der Waals surface area contributed by atoms with E-state index in [1.807, 2.05) is 49.4 Å². The Morgan fingerprint density at radius 3 is 2.89 bits per heavy atom. The van der Waals surface area contributed by atoms with Crippen LogP contribution in [-0.4, -0.2) is 9.97 Å². The molecule has 0 amide bonds. The summed E-state index contributed by atoms with van der Waals surface area (Å²) < 4.78 is 14.9. The highest BCUT2D eigenvalue weighted by atomic mass is 35.5. The van der Waals surface area contributed by atoms with Gasteiger partial charge in [-0.25, -0.2) is 4.98 Å². The summed E-state index contributed by atoms with van der Waals surface area (Å²) in [5.41, 5.74) is 3.45. The molecule has 136 valence electrons. The highest BCUT2D eigenvalue weighted by Crippen LogP contribution is 2.32. The normalized spacial score (nSPS) is 10.9. The van der Waals surface area contributed by atoms with Gasteiger partial charge in [0.1, 0.15) is 17.9 Å². The van der Waals surface area contributed by atoms with Crippen LogP contribution in [0.2, 0.25) is 5.02 Å². The number of hydrogen-bond acceptors (Lipinski definition) is 6. The molecule has 3 heterocycles. The van der Waals surface area contributed by atoms with Crippen molar-refractivity contribution in [2.45, 2.75) is 18.6 Å². The molecule has 0 saturated carbocycles. The van der Waals surface area contributed by atoms with E-state index in [4.69, 9.17) is 20.8 Å². The molecule has 0 aliphatic carbocycles. The highest BCUT2D eigenvalue weighted by Gasteiger charge is 2.10. The number of furan rings is 1. The number of pyridine rings is 2. The smallest absolute Gasteiger partial charge is 0.238 e. The van der Waals surface area contributed by atoms with Gasteiger partial charge in [-0.1, -0.05) is 35.9 Å². The zero-order valence-corrected chi connectivity index (χ0v) is 16.1. The maximum atomic E-state index is 6.10. The maximum absolute atomic E-state index is 6.10. The second-order valence-electron chi connectivity index (χ2n) is 5.85. The number of nitrogens with one attached hydrogen (secondary N) is 1. The van der Waals surface area contributed by atoms with E-state index in [1.54, 1.807) is 18.5 Å². The minimum atomic E-state index is 0.373. The lowest BCUT2D eigenvalue weighted by Gasteiger charge is -2.12. The summed E-state index contributed by atoms with van der Waals surface area (Å²) in [6, 6.07) is 15.5. The van der Waals surface area contributed by atoms with E-state index < -0.39 is 0 Å². The van der Waals surface area contributed by atoms with Gasteiger partial charge in [0.15, 0.2) is 5.09 Å². The summed E-state index contributed by atoms with van der Waals surface area (Å²) in [6.07, 6.45) is 3.32. The van der Waals surface area contributed by atoms with Crippen molar-refractivity contribution in [3.63, 3.8) is 0 Å². The molecule has 3 aromatic heterocycles. The molecule has 7 heteroatoms. The lowest BCUT2D eigenvalue weighted by atomic mass is 10.2. The number of ether oxygens (including phenoxy) is 1. The summed E-state index contributed by atoms with van der Waals surface area (Å²) in [7, 11) is 0. The fourth-order valence-electron chi connectivity index (χ4n) is 2.54. The van der Waals surface area contributed by atoms with E-state index in [9.17, 15) is 0 Å². The van der Waals surface area contributed by atoms with Crippen LogP contribution >= 0.6 is 23.5 Å². The van der Waals surface area contributed by atoms with Gasteiger partial charge in [0.05, 0.1) is 5.02 Å². The SMILES string of the molecule is Cc1ncccc1COc1ncc(Cl)cc1NSc1cc2ccccc2o1. The van der Waals surface area contributed by atoms with Gasteiger partial charge in [-0.3, -0.25) is 4.98 Å². The van der Waals surface area contributed by atoms with Gasteiger partial charge in [-0.05, 0) is 25.1 Å². The third-order valence-electron chi connectivity index (χ3n) is 3.96. The summed E-state index contributed by atoms with van der Waals surface area (Å²) in [5, 5.41) is 2.31. The van der Waals surface area contributed by atoms with Crippen LogP contribution in [0.4, 0.5) is 5.69 Å². The molecule has 1 N–H and O–H groups in total. The molecule has 0 aliphatic heterocycles. The zero-order chi connectivity index (χ0) is 18.6. The van der Waals surface area contributed by atoms with E-state index in [1.165, 1.54) is 11.9 Å². The summed E-state index contributed by atoms with van der Waals surface area (Å²) in [4.78, 5) is 8.57. The zero-order valence-electron chi connectivity index (χ0n) is 14.5. The Morgan fingerprint density at radius 2 is 2.04 bits per heavy atom. The molecule has 0 spiro atoms. The number of halogens is 1. The fourth-order valence-corrected chi connectivity index (χ4v) is 3.38. The van der Waals surface area contributed by atoms with Gasteiger partial charge in [-0.2, -0.15) is 0 Å². The Labute approximate surface area is 165 Å². The van der Waals surface area contributed by atoms with Gasteiger partial charge in [0, 0.05) is 47.1 Å². The third-order valence-corrected chi connectivity index (χ3v) is 4.89. The Balaban J connectivity index is 1.50. The van der Waals surface area contributed by atoms with Crippen LogP contribution in [0.3, 0.4) is 0 Å². The average molecular weight is 398 g/mol. The molecule has 0 atom stereocenters. The van der Waals surface area contributed by atoms with Crippen molar-refractivity contribution >= 4 is 40.2 Å². The number of aryl methyl sites for hydroxylation is 1. The lowest BCUT2D eigenvalue weighted by molar-refractivity contribution is 0.294. The molecule has 4 rings (SSSR count). The maximum Gasteiger partial charge on any atom is 0.238 e. The van der Waals surface area contributed by atoms with Crippen molar-refractivity contribution < 1.29 is 9.15 Å². The lowest BCUT2D eigenvalue weighted by Crippen LogP contribution is -2.02. The first-order valence-corrected chi connectivity index (χ1v) is 9.49. The number of anilines is 1. The summed E-state index contributed by atoms with van der Waals surface area (Å²) in [6.45, 7) is 2.32. The number of aromatic nitrogens is 2. The van der Waals surface area contributed by atoms with Crippen molar-refractivity contribution in [3.05, 3.63) is 77.2 Å². The average Bonchev–Trinajstić information content (AvgIpc) is 3.10. The van der Waals surface area contributed by atoms with E-state index >= 15 is 0 Å². The minimum absolute atomic E-state index is 0.373. The number of hydrogen-bond donors (Lipinski definition) is 1. The van der Waals surface area contributed by atoms with Crippen molar-refractivity contribution in [2.24, 2.45) is 0 Å². The van der Waals surface area contributed by atoms with E-state index in [0.717, 1.165) is 27.3 Å². The number of para-hydroxylation sites is 1. The molecule has 0 unspecified atom stereocenters. The van der Waals surface area contributed by atoms with Crippen LogP contribution in [-0.2, 0) is 6.61 Å². The van der Waals surface area contributed by atoms with Crippen molar-refractivity contribution in [3.8, 4) is 5.88 Å². The highest BCUT2D eigenvalue weighted by molar-refractivity contribution is 8.00. The van der Waals surface area contributed by atoms with Crippen LogP contribution in [0.15, 0.2) is 70.4 Å². The van der Waals surface area contributed by atoms with Crippen molar-refractivity contribution in [2.75, 3.05) is 4.72 Å². The van der Waals surface area contributed by atoms with E-state index in [0.29, 0.717) is 23.2 Å². The molecule has 27 heavy (non-hydrogen) atoms. The number of benzene rings is 1. The third kappa shape index (κ3) is 4.18. The Bertz CT molecular complexity index is 1050. The van der Waals surface area contributed by atoms with Gasteiger partial charge in [0.25, 0.3) is 0 Å². The van der Waals surface area contributed by atoms with Crippen LogP contribution in [0, 0.1) is 6.92 Å². The largest absolute Gasteiger partial charge is 0.471 e. The molecule has 0 fully saturated rings. The Kier molecular flexibility index (Phi) is 5.18. The van der Waals surface area contributed by atoms with Crippen molar-refractivity contribution in [1.29, 1.82) is 0 Å². The van der Waals surface area contributed by atoms with Crippen LogP contribution in [0.25, 0.3) is 11.0 Å². The molecule has 0 bridgehead atoms. The molecule has 0 radical (unpaired) electrons. The molecule has 5 nitrogen and oxygen atoms in total. The second-order valence-corrected chi connectivity index (χ2v) is 7.10. The van der Waals surface area contributed by atoms with Gasteiger partial charge < -0.3 is 13.9 Å². The number of nitrogens with zero attached hydrogens (tertiary/aromatic N) is 2. The van der Waals surface area contributed by atoms with Crippen molar-refractivity contribution in [1.82, 2.24) is 9.97 Å². The quantitative estimate of drug-likeness (QED) is 0.410. The fraction of sp³-hybridized carbons (Fsp3) is 0.100. The summed E-state index contributed by atoms with van der Waals surface area (Å²) in [5.74, 6) is 0.464. The van der Waals surface area contributed by atoms with Crippen LogP contribution < -0.4 is 9.46 Å². The van der Waals surface area contributed by atoms with Crippen LogP contribution in [0.1, 0.15) is 11.3 Å². The number of fused-ring (bicyclic) bond motifs is 1. The van der Waals surface area contributed by atoms with Gasteiger partial charge in [-0.15, -0.1) is 0 Å². The minimum Gasteiger partial charge on any atom is -0.471 e. The predicted molar refractivity (Wildman–Crippen MR) is 108 cm³/mol. The molecule has 4 aromatic rings. The number of rotatable bonds is 6. The molecule has 1 aromatic carbocycles. The van der Waals surface area contributed by atoms with Gasteiger partial charge in [0.2, 0.25) is 5.88 Å². The van der Waals surface area contributed by atoms with Crippen LogP contribution in [0.5, 0.6) is 5.88 Å². The standard InChI is InChI=1S/C20H16ClN3O2S/c1-13-15(6-4-8-22-13)12-25-20-17(10-16(21)11-23-20)24-27-19-9-14-5-2-3-7-18(14)26-19/h2-11,24H,12H2,1H3. The Hall–Kier alpha value is -2.70. The van der Waals surface area contributed by atoms with Gasteiger partial charge >= 0.3 is 0 Å². The predicted octanol–water partition coefficient (Wildman–Crippen LogP) is 5.88. The topological polar surface area (TPSA) is 60.2 Å². The molecule has 0 aliphatic rings. The summed E-state index contributed by atoms with van der Waals surface area (Å²) >= 11 is 7.44. The first-order valence-electron chi connectivity index (χ1n) is 8.29. The first-order chi connectivity index (χ1) is 13.2. The Morgan fingerprint density at radius 1 is 1.15 bits per heavy atom. The monoisotopic (exact) mass is 397 g/mol. The van der Waals surface area contributed by atoms with E-state index in [-0.39, 0.29) is 0 Å². The first kappa shape index (κ1) is 17.7. The molecule has 0 saturated heterocycles. The molecular formula is C20H16ClN3O2S. The second kappa shape index (κ2) is 7.90.